The maximum Gasteiger partial charge on any atom is 0.339 e. The second kappa shape index (κ2) is 4.79. The number of aryl methyl sites for hydroxylation is 1. The lowest BCUT2D eigenvalue weighted by Gasteiger charge is -2.12. The van der Waals surface area contributed by atoms with E-state index in [4.69, 9.17) is 9.15 Å². The summed E-state index contributed by atoms with van der Waals surface area (Å²) in [6.07, 6.45) is 2.48. The predicted octanol–water partition coefficient (Wildman–Crippen LogP) is 1.57. The molecule has 0 aliphatic rings. The van der Waals surface area contributed by atoms with Gasteiger partial charge in [0.1, 0.15) is 17.6 Å². The third-order valence-corrected chi connectivity index (χ3v) is 2.04. The Kier molecular flexibility index (Phi) is 3.68. The summed E-state index contributed by atoms with van der Waals surface area (Å²) in [7, 11) is 1.44. The number of aliphatic hydroxyl groups is 1. The standard InChI is InChI=1S/C11H14O4/c1-4-5-8(12)11-7(2)15-10(13)6-9(11)14-3/h4-6,8,12H,1-3H3/t8-/m1/s1. The first-order valence-corrected chi connectivity index (χ1v) is 4.59. The molecule has 1 aromatic rings. The molecule has 1 N–H and O–H groups in total. The SMILES string of the molecule is CC=C[C@@H](O)c1c(OC)cc(=O)oc1C. The van der Waals surface area contributed by atoms with Crippen molar-refractivity contribution in [1.29, 1.82) is 0 Å². The fraction of sp³-hybridized carbons (Fsp3) is 0.364. The molecule has 0 aliphatic heterocycles. The molecule has 4 nitrogen and oxygen atoms in total. The molecule has 0 unspecified atom stereocenters. The van der Waals surface area contributed by atoms with Crippen LogP contribution < -0.4 is 10.4 Å². The summed E-state index contributed by atoms with van der Waals surface area (Å²) in [5.74, 6) is 0.708. The van der Waals surface area contributed by atoms with Crippen LogP contribution in [0.3, 0.4) is 0 Å². The predicted molar refractivity (Wildman–Crippen MR) is 56.0 cm³/mol. The highest BCUT2D eigenvalue weighted by atomic mass is 16.5. The van der Waals surface area contributed by atoms with E-state index in [2.05, 4.69) is 0 Å². The molecule has 0 saturated heterocycles. The molecular formula is C11H14O4. The quantitative estimate of drug-likeness (QED) is 0.769. The van der Waals surface area contributed by atoms with E-state index in [1.807, 2.05) is 0 Å². The molecule has 0 aromatic carbocycles. The number of hydrogen-bond donors (Lipinski definition) is 1. The molecule has 0 amide bonds. The molecule has 82 valence electrons. The molecule has 1 rings (SSSR count). The highest BCUT2D eigenvalue weighted by Crippen LogP contribution is 2.27. The first-order valence-electron chi connectivity index (χ1n) is 4.59. The number of rotatable bonds is 3. The van der Waals surface area contributed by atoms with E-state index >= 15 is 0 Å². The lowest BCUT2D eigenvalue weighted by molar-refractivity contribution is 0.215. The average molecular weight is 210 g/mol. The highest BCUT2D eigenvalue weighted by Gasteiger charge is 2.16. The van der Waals surface area contributed by atoms with Gasteiger partial charge in [0.2, 0.25) is 0 Å². The highest BCUT2D eigenvalue weighted by molar-refractivity contribution is 5.37. The fourth-order valence-corrected chi connectivity index (χ4v) is 1.40. The van der Waals surface area contributed by atoms with Crippen molar-refractivity contribution >= 4 is 0 Å². The van der Waals surface area contributed by atoms with Crippen LogP contribution in [0.25, 0.3) is 0 Å². The van der Waals surface area contributed by atoms with Crippen molar-refractivity contribution in [3.05, 3.63) is 40.0 Å². The van der Waals surface area contributed by atoms with Gasteiger partial charge in [-0.2, -0.15) is 0 Å². The van der Waals surface area contributed by atoms with Crippen molar-refractivity contribution in [3.63, 3.8) is 0 Å². The number of methoxy groups -OCH3 is 1. The van der Waals surface area contributed by atoms with Crippen molar-refractivity contribution in [2.75, 3.05) is 7.11 Å². The van der Waals surface area contributed by atoms with Gasteiger partial charge in [-0.3, -0.25) is 0 Å². The summed E-state index contributed by atoms with van der Waals surface area (Å²) in [6, 6.07) is 1.22. The Labute approximate surface area is 87.8 Å². The summed E-state index contributed by atoms with van der Waals surface area (Å²) >= 11 is 0. The Hall–Kier alpha value is -1.55. The molecule has 0 bridgehead atoms. The molecule has 1 atom stereocenters. The van der Waals surface area contributed by atoms with Crippen molar-refractivity contribution < 1.29 is 14.3 Å². The molecule has 0 spiro atoms. The molecule has 0 saturated carbocycles. The van der Waals surface area contributed by atoms with Gasteiger partial charge >= 0.3 is 5.63 Å². The zero-order valence-electron chi connectivity index (χ0n) is 8.98. The van der Waals surface area contributed by atoms with Crippen LogP contribution in [0.2, 0.25) is 0 Å². The molecule has 0 fully saturated rings. The lowest BCUT2D eigenvalue weighted by atomic mass is 10.1. The van der Waals surface area contributed by atoms with E-state index in [0.29, 0.717) is 17.1 Å². The maximum absolute atomic E-state index is 11.1. The molecule has 0 radical (unpaired) electrons. The van der Waals surface area contributed by atoms with Crippen molar-refractivity contribution in [1.82, 2.24) is 0 Å². The third kappa shape index (κ3) is 2.47. The van der Waals surface area contributed by atoms with Gasteiger partial charge in [0, 0.05) is 0 Å². The monoisotopic (exact) mass is 210 g/mol. The van der Waals surface area contributed by atoms with E-state index in [1.54, 1.807) is 26.0 Å². The minimum Gasteiger partial charge on any atom is -0.496 e. The van der Waals surface area contributed by atoms with E-state index in [0.717, 1.165) is 0 Å². The number of aliphatic hydroxyl groups excluding tert-OH is 1. The fourth-order valence-electron chi connectivity index (χ4n) is 1.40. The molecule has 1 heterocycles. The zero-order valence-corrected chi connectivity index (χ0v) is 8.98. The Bertz CT molecular complexity index is 417. The van der Waals surface area contributed by atoms with Crippen LogP contribution in [0.15, 0.2) is 27.4 Å². The van der Waals surface area contributed by atoms with E-state index in [1.165, 1.54) is 13.2 Å². The molecule has 15 heavy (non-hydrogen) atoms. The lowest BCUT2D eigenvalue weighted by Crippen LogP contribution is -2.07. The minimum atomic E-state index is -0.825. The van der Waals surface area contributed by atoms with Crippen molar-refractivity contribution in [3.8, 4) is 5.75 Å². The van der Waals surface area contributed by atoms with Crippen LogP contribution in [0.4, 0.5) is 0 Å². The Morgan fingerprint density at radius 3 is 2.80 bits per heavy atom. The van der Waals surface area contributed by atoms with Gasteiger partial charge in [-0.1, -0.05) is 12.2 Å². The minimum absolute atomic E-state index is 0.342. The summed E-state index contributed by atoms with van der Waals surface area (Å²) in [4.78, 5) is 11.1. The third-order valence-electron chi connectivity index (χ3n) is 2.04. The summed E-state index contributed by atoms with van der Waals surface area (Å²) < 4.78 is 9.91. The molecule has 1 aromatic heterocycles. The molecule has 0 aliphatic carbocycles. The van der Waals surface area contributed by atoms with Gasteiger partial charge in [-0.05, 0) is 13.8 Å². The van der Waals surface area contributed by atoms with Crippen LogP contribution in [0.5, 0.6) is 5.75 Å². The second-order valence-electron chi connectivity index (χ2n) is 3.07. The first-order chi connectivity index (χ1) is 7.10. The van der Waals surface area contributed by atoms with E-state index < -0.39 is 11.7 Å². The molecular weight excluding hydrogens is 196 g/mol. The first kappa shape index (κ1) is 11.5. The number of ether oxygens (including phenoxy) is 1. The van der Waals surface area contributed by atoms with Crippen LogP contribution in [-0.2, 0) is 0 Å². The topological polar surface area (TPSA) is 59.7 Å². The normalized spacial score (nSPS) is 13.1. The van der Waals surface area contributed by atoms with Crippen LogP contribution in [0, 0.1) is 6.92 Å². The smallest absolute Gasteiger partial charge is 0.339 e. The van der Waals surface area contributed by atoms with Crippen LogP contribution in [0.1, 0.15) is 24.4 Å². The number of allylic oxidation sites excluding steroid dienone is 1. The number of hydrogen-bond acceptors (Lipinski definition) is 4. The van der Waals surface area contributed by atoms with Gasteiger partial charge in [-0.25, -0.2) is 4.79 Å². The van der Waals surface area contributed by atoms with Gasteiger partial charge in [0.15, 0.2) is 0 Å². The summed E-state index contributed by atoms with van der Waals surface area (Å²) in [5, 5.41) is 9.78. The van der Waals surface area contributed by atoms with Crippen LogP contribution in [-0.4, -0.2) is 12.2 Å². The largest absolute Gasteiger partial charge is 0.496 e. The second-order valence-corrected chi connectivity index (χ2v) is 3.07. The average Bonchev–Trinajstić information content (AvgIpc) is 2.16. The Morgan fingerprint density at radius 1 is 1.60 bits per heavy atom. The van der Waals surface area contributed by atoms with Gasteiger partial charge < -0.3 is 14.3 Å². The van der Waals surface area contributed by atoms with Crippen LogP contribution >= 0.6 is 0 Å². The zero-order chi connectivity index (χ0) is 11.4. The van der Waals surface area contributed by atoms with E-state index in [9.17, 15) is 9.90 Å². The maximum atomic E-state index is 11.1. The van der Waals surface area contributed by atoms with Gasteiger partial charge in [0.25, 0.3) is 0 Å². The Morgan fingerprint density at radius 2 is 2.27 bits per heavy atom. The summed E-state index contributed by atoms with van der Waals surface area (Å²) in [6.45, 7) is 3.41. The van der Waals surface area contributed by atoms with E-state index in [-0.39, 0.29) is 0 Å². The van der Waals surface area contributed by atoms with Gasteiger partial charge in [-0.15, -0.1) is 0 Å². The van der Waals surface area contributed by atoms with Gasteiger partial charge in [0.05, 0.1) is 18.7 Å². The Balaban J connectivity index is 3.32. The van der Waals surface area contributed by atoms with Crippen molar-refractivity contribution in [2.45, 2.75) is 20.0 Å². The summed E-state index contributed by atoms with van der Waals surface area (Å²) in [5.41, 5.74) is -0.00372. The van der Waals surface area contributed by atoms with Crippen molar-refractivity contribution in [2.24, 2.45) is 0 Å². The molecule has 4 heteroatoms.